The van der Waals surface area contributed by atoms with E-state index in [-0.39, 0.29) is 0 Å². The monoisotopic (exact) mass is 300 g/mol. The van der Waals surface area contributed by atoms with Crippen LogP contribution in [-0.2, 0) is 13.0 Å². The number of ether oxygens (including phenoxy) is 1. The molecule has 3 aromatic rings. The van der Waals surface area contributed by atoms with Crippen molar-refractivity contribution in [3.63, 3.8) is 0 Å². The van der Waals surface area contributed by atoms with Gasteiger partial charge in [-0.15, -0.1) is 0 Å². The molecule has 0 saturated heterocycles. The van der Waals surface area contributed by atoms with Gasteiger partial charge in [0, 0.05) is 25.0 Å². The number of hydrogen-bond donors (Lipinski definition) is 0. The molecule has 0 aromatic carbocycles. The van der Waals surface area contributed by atoms with Crippen LogP contribution in [0.2, 0.25) is 0 Å². The second-order valence-corrected chi connectivity index (χ2v) is 4.66. The Bertz CT molecular complexity index is 751. The lowest BCUT2D eigenvalue weighted by atomic mass is 10.3. The van der Waals surface area contributed by atoms with Crippen LogP contribution >= 0.6 is 0 Å². The van der Waals surface area contributed by atoms with Crippen molar-refractivity contribution in [1.82, 2.24) is 29.8 Å². The fourth-order valence-electron chi connectivity index (χ4n) is 2.01. The molecule has 0 saturated carbocycles. The van der Waals surface area contributed by atoms with Crippen molar-refractivity contribution < 1.29 is 9.37 Å². The average molecular weight is 300 g/mol. The number of hydrogen-bond acceptors (Lipinski definition) is 7. The van der Waals surface area contributed by atoms with Gasteiger partial charge in [0.2, 0.25) is 0 Å². The fourth-order valence-corrected chi connectivity index (χ4v) is 2.01. The van der Waals surface area contributed by atoms with E-state index in [1.54, 1.807) is 19.3 Å². The molecule has 3 rings (SSSR count). The largest absolute Gasteiger partial charge is 0.472 e. The van der Waals surface area contributed by atoms with Crippen LogP contribution in [0.5, 0.6) is 5.88 Å². The van der Waals surface area contributed by atoms with E-state index in [2.05, 4.69) is 29.9 Å². The molecule has 0 unspecified atom stereocenters. The maximum atomic E-state index is 5.54. The highest BCUT2D eigenvalue weighted by Gasteiger charge is 2.10. The first-order valence-corrected chi connectivity index (χ1v) is 7.03. The summed E-state index contributed by atoms with van der Waals surface area (Å²) in [5.74, 6) is 2.00. The molecule has 0 amide bonds. The van der Waals surface area contributed by atoms with Crippen LogP contribution < -0.4 is 4.74 Å². The fraction of sp³-hybridized carbons (Fsp3) is 0.357. The quantitative estimate of drug-likeness (QED) is 0.683. The van der Waals surface area contributed by atoms with Gasteiger partial charge in [0.15, 0.2) is 5.82 Å². The summed E-state index contributed by atoms with van der Waals surface area (Å²) in [4.78, 5) is 13.1. The van der Waals surface area contributed by atoms with Gasteiger partial charge in [-0.25, -0.2) is 19.6 Å². The molecule has 0 fully saturated rings. The maximum absolute atomic E-state index is 5.54. The van der Waals surface area contributed by atoms with Crippen molar-refractivity contribution in [3.05, 3.63) is 36.2 Å². The summed E-state index contributed by atoms with van der Waals surface area (Å²) in [6, 6.07) is 1.85. The Kier molecular flexibility index (Phi) is 4.08. The second-order valence-electron chi connectivity index (χ2n) is 4.66. The molecule has 0 radical (unpaired) electrons. The maximum Gasteiger partial charge on any atom is 0.278 e. The van der Waals surface area contributed by atoms with Gasteiger partial charge in [0.1, 0.15) is 23.8 Å². The molecule has 0 spiro atoms. The van der Waals surface area contributed by atoms with Gasteiger partial charge in [-0.2, -0.15) is 0 Å². The molecular weight excluding hydrogens is 284 g/mol. The molecule has 0 N–H and O–H groups in total. The highest BCUT2D eigenvalue weighted by Crippen LogP contribution is 2.15. The van der Waals surface area contributed by atoms with E-state index in [1.165, 1.54) is 0 Å². The van der Waals surface area contributed by atoms with Gasteiger partial charge in [0.25, 0.3) is 5.88 Å². The third-order valence-electron chi connectivity index (χ3n) is 3.15. The molecule has 8 nitrogen and oxygen atoms in total. The van der Waals surface area contributed by atoms with Crippen LogP contribution in [0, 0.1) is 6.92 Å². The van der Waals surface area contributed by atoms with Gasteiger partial charge in [-0.05, 0) is 18.1 Å². The van der Waals surface area contributed by atoms with E-state index >= 15 is 0 Å². The minimum absolute atomic E-state index is 0.414. The molecule has 22 heavy (non-hydrogen) atoms. The van der Waals surface area contributed by atoms with E-state index in [9.17, 15) is 0 Å². The molecule has 114 valence electrons. The lowest BCUT2D eigenvalue weighted by Crippen LogP contribution is -2.10. The first-order chi connectivity index (χ1) is 10.8. The zero-order valence-electron chi connectivity index (χ0n) is 12.4. The van der Waals surface area contributed by atoms with Crippen molar-refractivity contribution in [1.29, 1.82) is 0 Å². The van der Waals surface area contributed by atoms with Crippen LogP contribution in [0.3, 0.4) is 0 Å². The third-order valence-corrected chi connectivity index (χ3v) is 3.15. The predicted octanol–water partition coefficient (Wildman–Crippen LogP) is 1.67. The molecule has 0 atom stereocenters. The van der Waals surface area contributed by atoms with E-state index in [0.717, 1.165) is 23.8 Å². The number of rotatable bonds is 6. The van der Waals surface area contributed by atoms with Gasteiger partial charge in [-0.1, -0.05) is 12.1 Å². The number of imidazole rings is 1. The topological polar surface area (TPSA) is 91.8 Å². The highest BCUT2D eigenvalue weighted by molar-refractivity contribution is 5.48. The Morgan fingerprint density at radius 1 is 1.23 bits per heavy atom. The van der Waals surface area contributed by atoms with Crippen molar-refractivity contribution in [2.24, 2.45) is 0 Å². The summed E-state index contributed by atoms with van der Waals surface area (Å²) in [5, 5.41) is 7.35. The highest BCUT2D eigenvalue weighted by atomic mass is 16.6. The summed E-state index contributed by atoms with van der Waals surface area (Å²) in [5.41, 5.74) is 1.44. The van der Waals surface area contributed by atoms with Crippen LogP contribution in [-0.4, -0.2) is 36.4 Å². The predicted molar refractivity (Wildman–Crippen MR) is 77.2 cm³/mol. The van der Waals surface area contributed by atoms with E-state index in [1.807, 2.05) is 23.8 Å². The molecule has 0 bridgehead atoms. The SMILES string of the molecule is CCc1nccc(-c2nccn2CCOc2nonc2C)n1. The molecule has 3 aromatic heterocycles. The Morgan fingerprint density at radius 2 is 2.14 bits per heavy atom. The zero-order valence-corrected chi connectivity index (χ0v) is 12.4. The van der Waals surface area contributed by atoms with Gasteiger partial charge < -0.3 is 9.30 Å². The van der Waals surface area contributed by atoms with E-state index in [4.69, 9.17) is 4.74 Å². The first-order valence-electron chi connectivity index (χ1n) is 7.03. The lowest BCUT2D eigenvalue weighted by Gasteiger charge is -2.08. The minimum atomic E-state index is 0.414. The van der Waals surface area contributed by atoms with Crippen LogP contribution in [0.25, 0.3) is 11.5 Å². The molecular formula is C14H16N6O2. The van der Waals surface area contributed by atoms with Crippen LogP contribution in [0.15, 0.2) is 29.3 Å². The molecule has 0 aliphatic rings. The lowest BCUT2D eigenvalue weighted by molar-refractivity contribution is 0.248. The zero-order chi connectivity index (χ0) is 15.4. The molecule has 3 heterocycles. The van der Waals surface area contributed by atoms with Gasteiger partial charge in [0.05, 0.1) is 6.54 Å². The Morgan fingerprint density at radius 3 is 2.91 bits per heavy atom. The summed E-state index contributed by atoms with van der Waals surface area (Å²) in [6.07, 6.45) is 6.17. The van der Waals surface area contributed by atoms with Crippen LogP contribution in [0.4, 0.5) is 0 Å². The summed E-state index contributed by atoms with van der Waals surface area (Å²) >= 11 is 0. The second kappa shape index (κ2) is 6.33. The minimum Gasteiger partial charge on any atom is -0.472 e. The smallest absolute Gasteiger partial charge is 0.278 e. The molecule has 8 heteroatoms. The summed E-state index contributed by atoms with van der Waals surface area (Å²) < 4.78 is 12.1. The number of aromatic nitrogens is 6. The van der Waals surface area contributed by atoms with Crippen molar-refractivity contribution in [3.8, 4) is 17.4 Å². The number of nitrogens with zero attached hydrogens (tertiary/aromatic N) is 6. The first kappa shape index (κ1) is 14.2. The third kappa shape index (κ3) is 2.95. The van der Waals surface area contributed by atoms with Crippen molar-refractivity contribution >= 4 is 0 Å². The normalized spacial score (nSPS) is 10.8. The number of aryl methyl sites for hydroxylation is 2. The van der Waals surface area contributed by atoms with E-state index < -0.39 is 0 Å². The Labute approximate surface area is 127 Å². The van der Waals surface area contributed by atoms with Crippen molar-refractivity contribution in [2.75, 3.05) is 6.61 Å². The standard InChI is InChI=1S/C14H16N6O2/c1-3-12-15-5-4-11(17-12)13-16-6-7-20(13)8-9-21-14-10(2)18-22-19-14/h4-7H,3,8-9H2,1-2H3. The van der Waals surface area contributed by atoms with E-state index in [0.29, 0.717) is 24.7 Å². The summed E-state index contributed by atoms with van der Waals surface area (Å²) in [7, 11) is 0. The average Bonchev–Trinajstić information content (AvgIpc) is 3.17. The Hall–Kier alpha value is -2.77. The van der Waals surface area contributed by atoms with Crippen molar-refractivity contribution in [2.45, 2.75) is 26.8 Å². The van der Waals surface area contributed by atoms with Gasteiger partial charge in [-0.3, -0.25) is 0 Å². The molecule has 0 aliphatic heterocycles. The summed E-state index contributed by atoms with van der Waals surface area (Å²) in [6.45, 7) is 4.85. The molecule has 0 aliphatic carbocycles. The van der Waals surface area contributed by atoms with Gasteiger partial charge >= 0.3 is 0 Å². The van der Waals surface area contributed by atoms with Crippen LogP contribution in [0.1, 0.15) is 18.4 Å². The Balaban J connectivity index is 1.70.